The van der Waals surface area contributed by atoms with Crippen LogP contribution in [0.2, 0.25) is 0 Å². The molecular weight excluding hydrogens is 394 g/mol. The highest BCUT2D eigenvalue weighted by Gasteiger charge is 2.11. The van der Waals surface area contributed by atoms with Crippen LogP contribution in [-0.4, -0.2) is 25.3 Å². The zero-order chi connectivity index (χ0) is 20.3. The fraction of sp³-hybridized carbons (Fsp3) is 0.0435. The third-order valence-corrected chi connectivity index (χ3v) is 5.57. The summed E-state index contributed by atoms with van der Waals surface area (Å²) in [6, 6.07) is 19.3. The number of fused-ring (bicyclic) bond motifs is 1. The van der Waals surface area contributed by atoms with Gasteiger partial charge in [0.05, 0.1) is 23.6 Å². The van der Waals surface area contributed by atoms with Gasteiger partial charge in [-0.15, -0.1) is 11.3 Å². The van der Waals surface area contributed by atoms with E-state index in [1.807, 2.05) is 70.7 Å². The highest BCUT2D eigenvalue weighted by molar-refractivity contribution is 7.13. The lowest BCUT2D eigenvalue weighted by atomic mass is 10.2. The molecule has 0 fully saturated rings. The summed E-state index contributed by atoms with van der Waals surface area (Å²) in [6.45, 7) is 0.358. The molecule has 6 nitrogen and oxygen atoms in total. The Balaban J connectivity index is 1.30. The second kappa shape index (κ2) is 7.88. The van der Waals surface area contributed by atoms with Gasteiger partial charge in [0, 0.05) is 35.1 Å². The molecule has 1 N–H and O–H groups in total. The molecule has 0 atom stereocenters. The maximum Gasteiger partial charge on any atom is 0.251 e. The lowest BCUT2D eigenvalue weighted by molar-refractivity contribution is 0.0950. The average molecular weight is 411 g/mol. The number of amides is 1. The Morgan fingerprint density at radius 2 is 1.87 bits per heavy atom. The number of aromatic nitrogens is 4. The molecule has 5 aromatic rings. The molecule has 0 aliphatic carbocycles. The summed E-state index contributed by atoms with van der Waals surface area (Å²) < 4.78 is 1.92. The SMILES string of the molecule is O=C(NCc1csc(-c2ccccn2)n1)c1ccn2cc(-c3ccccc3)nc2c1. The van der Waals surface area contributed by atoms with Crippen LogP contribution in [-0.2, 0) is 6.54 Å². The fourth-order valence-corrected chi connectivity index (χ4v) is 3.93. The number of benzene rings is 1. The van der Waals surface area contributed by atoms with E-state index in [-0.39, 0.29) is 5.91 Å². The molecule has 4 heterocycles. The standard InChI is InChI=1S/C23H17N5OS/c29-22(25-13-18-15-30-23(26-18)19-8-4-5-10-24-19)17-9-11-28-14-20(27-21(28)12-17)16-6-2-1-3-7-16/h1-12,14-15H,13H2,(H,25,29). The smallest absolute Gasteiger partial charge is 0.251 e. The molecule has 0 spiro atoms. The van der Waals surface area contributed by atoms with Crippen LogP contribution in [0.25, 0.3) is 27.6 Å². The van der Waals surface area contributed by atoms with Gasteiger partial charge in [0.1, 0.15) is 10.7 Å². The van der Waals surface area contributed by atoms with E-state index in [4.69, 9.17) is 0 Å². The quantitative estimate of drug-likeness (QED) is 0.464. The van der Waals surface area contributed by atoms with E-state index in [9.17, 15) is 4.79 Å². The van der Waals surface area contributed by atoms with E-state index in [0.29, 0.717) is 12.1 Å². The Kier molecular flexibility index (Phi) is 4.78. The molecule has 0 bridgehead atoms. The van der Waals surface area contributed by atoms with Crippen LogP contribution in [0.1, 0.15) is 16.1 Å². The molecule has 0 unspecified atom stereocenters. The van der Waals surface area contributed by atoms with Crippen LogP contribution in [0, 0.1) is 0 Å². The van der Waals surface area contributed by atoms with Gasteiger partial charge in [-0.2, -0.15) is 0 Å². The summed E-state index contributed by atoms with van der Waals surface area (Å²) in [5.41, 5.74) is 4.85. The van der Waals surface area contributed by atoms with Crippen molar-refractivity contribution in [2.75, 3.05) is 0 Å². The lowest BCUT2D eigenvalue weighted by Crippen LogP contribution is -2.23. The third kappa shape index (κ3) is 3.70. The number of carbonyl (C=O) groups is 1. The maximum absolute atomic E-state index is 12.6. The number of carbonyl (C=O) groups excluding carboxylic acids is 1. The molecule has 0 aliphatic heterocycles. The first-order chi connectivity index (χ1) is 14.8. The van der Waals surface area contributed by atoms with Crippen molar-refractivity contribution < 1.29 is 4.79 Å². The van der Waals surface area contributed by atoms with Crippen LogP contribution in [0.4, 0.5) is 0 Å². The molecule has 4 aromatic heterocycles. The van der Waals surface area contributed by atoms with Crippen molar-refractivity contribution in [1.82, 2.24) is 24.7 Å². The second-order valence-corrected chi connectivity index (χ2v) is 7.57. The summed E-state index contributed by atoms with van der Waals surface area (Å²) in [5, 5.41) is 5.71. The number of imidazole rings is 1. The monoisotopic (exact) mass is 411 g/mol. The van der Waals surface area contributed by atoms with Gasteiger partial charge >= 0.3 is 0 Å². The molecule has 7 heteroatoms. The minimum atomic E-state index is -0.158. The molecule has 5 rings (SSSR count). The predicted octanol–water partition coefficient (Wildman–Crippen LogP) is 4.45. The third-order valence-electron chi connectivity index (χ3n) is 4.66. The summed E-state index contributed by atoms with van der Waals surface area (Å²) in [6.07, 6.45) is 5.56. The molecule has 0 radical (unpaired) electrons. The van der Waals surface area contributed by atoms with Crippen molar-refractivity contribution in [3.8, 4) is 22.0 Å². The van der Waals surface area contributed by atoms with Gasteiger partial charge in [0.15, 0.2) is 0 Å². The van der Waals surface area contributed by atoms with Crippen molar-refractivity contribution in [2.24, 2.45) is 0 Å². The van der Waals surface area contributed by atoms with E-state index in [0.717, 1.165) is 33.3 Å². The Morgan fingerprint density at radius 1 is 1.00 bits per heavy atom. The van der Waals surface area contributed by atoms with E-state index in [2.05, 4.69) is 20.3 Å². The van der Waals surface area contributed by atoms with Gasteiger partial charge in [0.25, 0.3) is 5.91 Å². The molecular formula is C23H17N5OS. The van der Waals surface area contributed by atoms with E-state index < -0.39 is 0 Å². The van der Waals surface area contributed by atoms with Crippen molar-refractivity contribution in [2.45, 2.75) is 6.54 Å². The number of pyridine rings is 2. The Morgan fingerprint density at radius 3 is 2.70 bits per heavy atom. The number of thiazole rings is 1. The van der Waals surface area contributed by atoms with Gasteiger partial charge in [-0.3, -0.25) is 9.78 Å². The minimum Gasteiger partial charge on any atom is -0.346 e. The summed E-state index contributed by atoms with van der Waals surface area (Å²) in [4.78, 5) is 26.1. The summed E-state index contributed by atoms with van der Waals surface area (Å²) in [5.74, 6) is -0.158. The van der Waals surface area contributed by atoms with Crippen LogP contribution in [0.15, 0.2) is 84.6 Å². The normalized spacial score (nSPS) is 10.9. The molecule has 1 amide bonds. The van der Waals surface area contributed by atoms with Gasteiger partial charge in [0.2, 0.25) is 0 Å². The molecule has 0 saturated carbocycles. The number of hydrogen-bond donors (Lipinski definition) is 1. The highest BCUT2D eigenvalue weighted by Crippen LogP contribution is 2.22. The van der Waals surface area contributed by atoms with Crippen molar-refractivity contribution >= 4 is 22.9 Å². The topological polar surface area (TPSA) is 72.2 Å². The predicted molar refractivity (Wildman–Crippen MR) is 117 cm³/mol. The zero-order valence-electron chi connectivity index (χ0n) is 15.9. The minimum absolute atomic E-state index is 0.158. The first-order valence-corrected chi connectivity index (χ1v) is 10.3. The number of nitrogens with one attached hydrogen (secondary N) is 1. The summed E-state index contributed by atoms with van der Waals surface area (Å²) in [7, 11) is 0. The molecule has 30 heavy (non-hydrogen) atoms. The number of hydrogen-bond acceptors (Lipinski definition) is 5. The van der Waals surface area contributed by atoms with E-state index in [1.54, 1.807) is 18.3 Å². The van der Waals surface area contributed by atoms with Crippen LogP contribution < -0.4 is 5.32 Å². The van der Waals surface area contributed by atoms with Gasteiger partial charge in [-0.05, 0) is 24.3 Å². The van der Waals surface area contributed by atoms with Crippen LogP contribution in [0.3, 0.4) is 0 Å². The Hall–Kier alpha value is -3.84. The van der Waals surface area contributed by atoms with Crippen molar-refractivity contribution in [1.29, 1.82) is 0 Å². The molecule has 0 aliphatic rings. The number of rotatable bonds is 5. The van der Waals surface area contributed by atoms with E-state index in [1.165, 1.54) is 11.3 Å². The van der Waals surface area contributed by atoms with Gasteiger partial charge < -0.3 is 9.72 Å². The van der Waals surface area contributed by atoms with Crippen LogP contribution >= 0.6 is 11.3 Å². The first kappa shape index (κ1) is 18.2. The zero-order valence-corrected chi connectivity index (χ0v) is 16.7. The average Bonchev–Trinajstić information content (AvgIpc) is 3.45. The Bertz CT molecular complexity index is 1310. The number of nitrogens with zero attached hydrogens (tertiary/aromatic N) is 4. The van der Waals surface area contributed by atoms with Crippen LogP contribution in [0.5, 0.6) is 0 Å². The van der Waals surface area contributed by atoms with Crippen molar-refractivity contribution in [3.63, 3.8) is 0 Å². The summed E-state index contributed by atoms with van der Waals surface area (Å²) >= 11 is 1.51. The lowest BCUT2D eigenvalue weighted by Gasteiger charge is -2.04. The maximum atomic E-state index is 12.6. The molecule has 0 saturated heterocycles. The highest BCUT2D eigenvalue weighted by atomic mass is 32.1. The van der Waals surface area contributed by atoms with Crippen molar-refractivity contribution in [3.05, 3.63) is 95.9 Å². The Labute approximate surface area is 176 Å². The van der Waals surface area contributed by atoms with Gasteiger partial charge in [-0.1, -0.05) is 36.4 Å². The van der Waals surface area contributed by atoms with Gasteiger partial charge in [-0.25, -0.2) is 9.97 Å². The second-order valence-electron chi connectivity index (χ2n) is 6.71. The van der Waals surface area contributed by atoms with E-state index >= 15 is 0 Å². The molecule has 146 valence electrons. The largest absolute Gasteiger partial charge is 0.346 e. The molecule has 1 aromatic carbocycles. The first-order valence-electron chi connectivity index (χ1n) is 9.44. The fourth-order valence-electron chi connectivity index (χ4n) is 3.14.